The minimum absolute atomic E-state index is 0.0856. The Hall–Kier alpha value is -3.47. The van der Waals surface area contributed by atoms with E-state index in [1.807, 2.05) is 6.08 Å². The van der Waals surface area contributed by atoms with Crippen LogP contribution < -0.4 is 0 Å². The Kier molecular flexibility index (Phi) is 5.94. The number of carbonyl (C=O) groups excluding carboxylic acids is 1. The third-order valence-corrected chi connectivity index (χ3v) is 6.05. The highest BCUT2D eigenvalue weighted by atomic mass is 19.4. The lowest BCUT2D eigenvalue weighted by Crippen LogP contribution is -2.40. The Morgan fingerprint density at radius 3 is 2.71 bits per heavy atom. The minimum Gasteiger partial charge on any atom is -0.378 e. The molecule has 1 fully saturated rings. The van der Waals surface area contributed by atoms with Crippen LogP contribution in [0.25, 0.3) is 10.9 Å². The Morgan fingerprint density at radius 2 is 1.97 bits per heavy atom. The molecule has 0 saturated carbocycles. The van der Waals surface area contributed by atoms with Crippen LogP contribution in [0.4, 0.5) is 18.9 Å². The van der Waals surface area contributed by atoms with E-state index in [0.717, 1.165) is 24.8 Å². The number of carbonyl (C=O) groups is 1. The number of fused-ring (bicyclic) bond motifs is 1. The second-order valence-corrected chi connectivity index (χ2v) is 8.29. The van der Waals surface area contributed by atoms with Crippen molar-refractivity contribution in [2.24, 2.45) is 4.99 Å². The number of allylic oxidation sites excluding steroid dienone is 2. The van der Waals surface area contributed by atoms with E-state index in [0.29, 0.717) is 49.3 Å². The van der Waals surface area contributed by atoms with Gasteiger partial charge in [-0.1, -0.05) is 6.08 Å². The highest BCUT2D eigenvalue weighted by Crippen LogP contribution is 2.34. The number of nitrogens with one attached hydrogen (secondary N) is 2. The smallest absolute Gasteiger partial charge is 0.378 e. The topological polar surface area (TPSA) is 99.3 Å². The summed E-state index contributed by atoms with van der Waals surface area (Å²) >= 11 is 0. The lowest BCUT2D eigenvalue weighted by molar-refractivity contribution is -0.141. The Morgan fingerprint density at radius 1 is 1.15 bits per heavy atom. The molecular weight excluding hydrogens is 449 g/mol. The van der Waals surface area contributed by atoms with Crippen LogP contribution in [0.3, 0.4) is 0 Å². The number of nitrogens with zero attached hydrogens (tertiary/aromatic N) is 4. The van der Waals surface area contributed by atoms with E-state index in [1.165, 1.54) is 6.20 Å². The summed E-state index contributed by atoms with van der Waals surface area (Å²) in [5, 5.41) is 13.4. The number of hydrogen-bond acceptors (Lipinski definition) is 5. The van der Waals surface area contributed by atoms with Gasteiger partial charge in [-0.3, -0.25) is 15.0 Å². The van der Waals surface area contributed by atoms with Crippen molar-refractivity contribution >= 4 is 28.2 Å². The molecule has 8 nitrogen and oxygen atoms in total. The number of aliphatic imine (C=N–C) groups is 1. The molecule has 3 heterocycles. The van der Waals surface area contributed by atoms with Gasteiger partial charge in [0.15, 0.2) is 11.4 Å². The molecule has 2 aromatic heterocycles. The van der Waals surface area contributed by atoms with E-state index < -0.39 is 11.9 Å². The predicted molar refractivity (Wildman–Crippen MR) is 119 cm³/mol. The van der Waals surface area contributed by atoms with Crippen LogP contribution in [-0.4, -0.2) is 63.2 Å². The van der Waals surface area contributed by atoms with Gasteiger partial charge in [-0.15, -0.1) is 0 Å². The molecule has 0 bridgehead atoms. The average molecular weight is 472 g/mol. The number of rotatable bonds is 4. The maximum absolute atomic E-state index is 13.6. The first kappa shape index (κ1) is 22.3. The van der Waals surface area contributed by atoms with E-state index in [9.17, 15) is 18.0 Å². The molecule has 3 aromatic rings. The first-order valence-corrected chi connectivity index (χ1v) is 11.2. The summed E-state index contributed by atoms with van der Waals surface area (Å²) in [6, 6.07) is 5.10. The first-order valence-electron chi connectivity index (χ1n) is 11.2. The number of benzene rings is 1. The molecule has 1 saturated heterocycles. The maximum atomic E-state index is 13.6. The summed E-state index contributed by atoms with van der Waals surface area (Å²) in [7, 11) is 0. The van der Waals surface area contributed by atoms with Crippen LogP contribution in [-0.2, 0) is 10.9 Å². The number of hydrogen-bond donors (Lipinski definition) is 2. The zero-order valence-corrected chi connectivity index (χ0v) is 18.3. The van der Waals surface area contributed by atoms with Crippen molar-refractivity contribution in [1.29, 1.82) is 0 Å². The van der Waals surface area contributed by atoms with Crippen molar-refractivity contribution in [3.8, 4) is 0 Å². The summed E-state index contributed by atoms with van der Waals surface area (Å²) in [4.78, 5) is 19.3. The monoisotopic (exact) mass is 472 g/mol. The van der Waals surface area contributed by atoms with Crippen molar-refractivity contribution in [1.82, 2.24) is 25.3 Å². The van der Waals surface area contributed by atoms with Crippen LogP contribution in [0.1, 0.15) is 47.4 Å². The molecule has 0 spiro atoms. The molecule has 0 unspecified atom stereocenters. The van der Waals surface area contributed by atoms with E-state index in [4.69, 9.17) is 4.74 Å². The van der Waals surface area contributed by atoms with Crippen LogP contribution in [0, 0.1) is 0 Å². The minimum atomic E-state index is -4.61. The average Bonchev–Trinajstić information content (AvgIpc) is 3.50. The van der Waals surface area contributed by atoms with Gasteiger partial charge >= 0.3 is 6.18 Å². The van der Waals surface area contributed by atoms with Gasteiger partial charge in [0.1, 0.15) is 0 Å². The summed E-state index contributed by atoms with van der Waals surface area (Å²) in [5.41, 5.74) is 1.25. The summed E-state index contributed by atoms with van der Waals surface area (Å²) in [6.07, 6.45) is 1.85. The van der Waals surface area contributed by atoms with Gasteiger partial charge in [0.05, 0.1) is 35.7 Å². The summed E-state index contributed by atoms with van der Waals surface area (Å²) in [5.74, 6) is -0.222. The third-order valence-electron chi connectivity index (χ3n) is 6.05. The lowest BCUT2D eigenvalue weighted by atomic mass is 9.92. The van der Waals surface area contributed by atoms with Crippen LogP contribution in [0.15, 0.2) is 41.0 Å². The number of H-pyrrole nitrogens is 2. The molecule has 178 valence electrons. The Balaban J connectivity index is 1.58. The van der Waals surface area contributed by atoms with E-state index in [1.54, 1.807) is 23.1 Å². The van der Waals surface area contributed by atoms with Crippen molar-refractivity contribution in [2.45, 2.75) is 31.9 Å². The van der Waals surface area contributed by atoms with Gasteiger partial charge in [-0.25, -0.2) is 4.99 Å². The molecule has 5 rings (SSSR count). The highest BCUT2D eigenvalue weighted by molar-refractivity contribution is 6.14. The number of alkyl halides is 3. The maximum Gasteiger partial charge on any atom is 0.435 e. The zero-order chi connectivity index (χ0) is 23.7. The lowest BCUT2D eigenvalue weighted by Gasteiger charge is -2.26. The largest absolute Gasteiger partial charge is 0.435 e. The van der Waals surface area contributed by atoms with Crippen LogP contribution >= 0.6 is 0 Å². The molecule has 2 aliphatic rings. The predicted octanol–water partition coefficient (Wildman–Crippen LogP) is 4.40. The van der Waals surface area contributed by atoms with Crippen molar-refractivity contribution < 1.29 is 22.7 Å². The van der Waals surface area contributed by atoms with Crippen molar-refractivity contribution in [2.75, 3.05) is 26.3 Å². The van der Waals surface area contributed by atoms with E-state index in [-0.39, 0.29) is 22.9 Å². The number of halogens is 3. The van der Waals surface area contributed by atoms with Gasteiger partial charge in [-0.05, 0) is 49.5 Å². The molecule has 1 aliphatic heterocycles. The van der Waals surface area contributed by atoms with E-state index in [2.05, 4.69) is 25.4 Å². The molecule has 34 heavy (non-hydrogen) atoms. The quantitative estimate of drug-likeness (QED) is 0.550. The van der Waals surface area contributed by atoms with Gasteiger partial charge in [-0.2, -0.15) is 23.4 Å². The van der Waals surface area contributed by atoms with Crippen molar-refractivity contribution in [3.63, 3.8) is 0 Å². The fraction of sp³-hybridized carbons (Fsp3) is 0.391. The Labute approximate surface area is 192 Å². The van der Waals surface area contributed by atoms with Gasteiger partial charge < -0.3 is 9.64 Å². The standard InChI is InChI=1S/C23H23F3N6O2/c24-23(25,26)21-17(13-27-31-21)19(14-4-2-1-3-5-14)28-15-6-7-18-16(12-15)20(30-29-18)22(33)32-8-10-34-11-9-32/h4,6-7,12-13H,1-3,5,8-11H2,(H,27,31)(H,29,30)/b28-19+. The zero-order valence-electron chi connectivity index (χ0n) is 18.3. The molecular formula is C23H23F3N6O2. The molecule has 0 atom stereocenters. The normalized spacial score (nSPS) is 17.8. The highest BCUT2D eigenvalue weighted by Gasteiger charge is 2.38. The second kappa shape index (κ2) is 9.05. The first-order chi connectivity index (χ1) is 16.4. The number of amides is 1. The summed E-state index contributed by atoms with van der Waals surface area (Å²) in [6.45, 7) is 1.89. The molecule has 1 aromatic carbocycles. The van der Waals surface area contributed by atoms with Crippen molar-refractivity contribution in [3.05, 3.63) is 53.0 Å². The van der Waals surface area contributed by atoms with Gasteiger partial charge in [0.2, 0.25) is 0 Å². The second-order valence-electron chi connectivity index (χ2n) is 8.29. The fourth-order valence-electron chi connectivity index (χ4n) is 4.32. The fourth-order valence-corrected chi connectivity index (χ4v) is 4.32. The van der Waals surface area contributed by atoms with Gasteiger partial charge in [0, 0.05) is 24.7 Å². The summed E-state index contributed by atoms with van der Waals surface area (Å²) < 4.78 is 46.1. The SMILES string of the molecule is O=C(c1n[nH]c2ccc(/N=C(\C3=CCCCC3)c3c[nH]nc3C(F)(F)F)cc12)N1CCOCC1. The molecule has 2 N–H and O–H groups in total. The van der Waals surface area contributed by atoms with Gasteiger partial charge in [0.25, 0.3) is 5.91 Å². The molecule has 1 aliphatic carbocycles. The number of aromatic amines is 2. The third kappa shape index (κ3) is 4.35. The number of aromatic nitrogens is 4. The van der Waals surface area contributed by atoms with Crippen LogP contribution in [0.5, 0.6) is 0 Å². The van der Waals surface area contributed by atoms with Crippen LogP contribution in [0.2, 0.25) is 0 Å². The molecule has 1 amide bonds. The number of ether oxygens (including phenoxy) is 1. The molecule has 0 radical (unpaired) electrons. The van der Waals surface area contributed by atoms with E-state index >= 15 is 0 Å². The Bertz CT molecular complexity index is 1270. The number of morpholine rings is 1. The molecule has 11 heteroatoms.